The van der Waals surface area contributed by atoms with Crippen LogP contribution in [0.5, 0.6) is 0 Å². The molecule has 0 aliphatic carbocycles. The van der Waals surface area contributed by atoms with Gasteiger partial charge in [-0.25, -0.2) is 0 Å². The van der Waals surface area contributed by atoms with Gasteiger partial charge in [0.25, 0.3) is 0 Å². The molecular formula is C36H84Fe2N16Si8. The quantitative estimate of drug-likeness (QED) is 0.0634. The van der Waals surface area contributed by atoms with Crippen LogP contribution in [0.3, 0.4) is 0 Å². The van der Waals surface area contributed by atoms with Gasteiger partial charge in [-0.05, 0) is 78.6 Å². The Morgan fingerprint density at radius 1 is 0.226 bits per heavy atom. The van der Waals surface area contributed by atoms with Crippen molar-refractivity contribution in [2.45, 2.75) is 157 Å². The molecule has 0 unspecified atom stereocenters. The molecule has 0 aliphatic heterocycles. The van der Waals surface area contributed by atoms with E-state index in [9.17, 15) is 0 Å². The van der Waals surface area contributed by atoms with E-state index in [1.54, 1.807) is 50.7 Å². The molecule has 62 heavy (non-hydrogen) atoms. The third-order valence-corrected chi connectivity index (χ3v) is 11.7. The summed E-state index contributed by atoms with van der Waals surface area (Å²) in [4.78, 5) is 48.9. The van der Waals surface area contributed by atoms with Gasteiger partial charge in [-0.3, -0.25) is 20.0 Å². The molecule has 26 heteroatoms. The summed E-state index contributed by atoms with van der Waals surface area (Å²) in [5, 5.41) is 0. The maximum atomic E-state index is 4.32. The van der Waals surface area contributed by atoms with E-state index in [1.165, 1.54) is 25.4 Å². The van der Waals surface area contributed by atoms with E-state index in [-0.39, 0.29) is 34.1 Å². The van der Waals surface area contributed by atoms with Crippen LogP contribution < -0.4 is 0 Å². The average molecular weight is 1080 g/mol. The first-order valence-electron chi connectivity index (χ1n) is 20.0. The molecule has 0 bridgehead atoms. The zero-order chi connectivity index (χ0) is 47.8. The molecule has 0 saturated heterocycles. The minimum absolute atomic E-state index is 0. The maximum Gasteiger partial charge on any atom is 2.00 e. The molecule has 0 aromatic heterocycles. The topological polar surface area (TPSA) is 205 Å². The summed E-state index contributed by atoms with van der Waals surface area (Å²) in [5.41, 5.74) is 0. The van der Waals surface area contributed by atoms with Crippen molar-refractivity contribution in [3.8, 4) is 0 Å². The van der Waals surface area contributed by atoms with Crippen molar-refractivity contribution in [1.82, 2.24) is 0 Å². The molecule has 0 aliphatic rings. The summed E-state index contributed by atoms with van der Waals surface area (Å²) >= 11 is 0. The molecular weight excluding hydrogens is 993 g/mol. The Morgan fingerprint density at radius 3 is 0.484 bits per heavy atom. The van der Waals surface area contributed by atoms with Gasteiger partial charge in [0.2, 0.25) is 0 Å². The second-order valence-corrected chi connectivity index (χ2v) is 57.8. The maximum absolute atomic E-state index is 4.32. The van der Waals surface area contributed by atoms with E-state index in [0.29, 0.717) is 0 Å². The second kappa shape index (κ2) is 36.3. The number of nitrogens with zero attached hydrogens (tertiary/aromatic N) is 16. The summed E-state index contributed by atoms with van der Waals surface area (Å²) in [7, 11) is -10.9. The summed E-state index contributed by atoms with van der Waals surface area (Å²) in [6.45, 7) is 51.7. The van der Waals surface area contributed by atoms with E-state index in [2.05, 4.69) is 236 Å². The number of hydrogen-bond donors (Lipinski definition) is 0. The Kier molecular flexibility index (Phi) is 41.9. The molecule has 0 N–H and O–H groups in total. The summed E-state index contributed by atoms with van der Waals surface area (Å²) in [5.74, 6) is 0. The van der Waals surface area contributed by atoms with Crippen molar-refractivity contribution in [1.29, 1.82) is 0 Å². The minimum Gasteiger partial charge on any atom is -0.478 e. The molecule has 0 aromatic carbocycles. The van der Waals surface area contributed by atoms with Crippen molar-refractivity contribution in [3.05, 3.63) is 19.9 Å². The van der Waals surface area contributed by atoms with E-state index in [0.717, 1.165) is 0 Å². The van der Waals surface area contributed by atoms with Gasteiger partial charge in [-0.1, -0.05) is 78.6 Å². The van der Waals surface area contributed by atoms with Crippen LogP contribution >= 0.6 is 0 Å². The van der Waals surface area contributed by atoms with Crippen LogP contribution in [0.2, 0.25) is 157 Å². The predicted molar refractivity (Wildman–Crippen MR) is 302 cm³/mol. The molecule has 0 spiro atoms. The van der Waals surface area contributed by atoms with Crippen LogP contribution in [0, 0.1) is 0 Å². The molecule has 0 amide bonds. The monoisotopic (exact) mass is 1080 g/mol. The molecule has 0 saturated carbocycles. The van der Waals surface area contributed by atoms with Crippen molar-refractivity contribution >= 4 is 142 Å². The first kappa shape index (κ1) is 71.6. The fraction of sp³-hybridized carbons (Fsp3) is 0.667. The predicted octanol–water partition coefficient (Wildman–Crippen LogP) is 12.5. The van der Waals surface area contributed by atoms with E-state index in [4.69, 9.17) is 0 Å². The van der Waals surface area contributed by atoms with Gasteiger partial charge < -0.3 is 58.5 Å². The van der Waals surface area contributed by atoms with Gasteiger partial charge in [0.15, 0.2) is 32.9 Å². The zero-order valence-electron chi connectivity index (χ0n) is 42.8. The SMILES string of the molecule is C[Si](C)(C)/N=C/N=CN=C[N-][Si](C)(C)C.C[Si](C)(C)/N=C/N=CN=C[N-][Si](C)(C)C.C[Si](C)(C)/N=C/N=CN=C[N-][Si](C)(C)C.C[Si](C)(C)/N=C/N=CN=C[N-][Si](C)(C)C.[Fe+2].[Fe+2]. The van der Waals surface area contributed by atoms with Crippen LogP contribution in [0.1, 0.15) is 0 Å². The molecule has 0 heterocycles. The van der Waals surface area contributed by atoms with Gasteiger partial charge in [-0.15, -0.1) is 25.4 Å². The van der Waals surface area contributed by atoms with Crippen molar-refractivity contribution < 1.29 is 34.1 Å². The summed E-state index contributed by atoms with van der Waals surface area (Å²) in [6, 6.07) is 0. The molecule has 0 atom stereocenters. The largest absolute Gasteiger partial charge is 2.00 e. The van der Waals surface area contributed by atoms with Gasteiger partial charge >= 0.3 is 34.1 Å². The number of aliphatic imine (C=N–C) groups is 8. The average Bonchev–Trinajstić information content (AvgIpc) is 3.00. The van der Waals surface area contributed by atoms with Crippen molar-refractivity contribution in [2.24, 2.45) is 58.6 Å². The molecule has 0 rings (SSSR count). The third-order valence-electron chi connectivity index (χ3n) is 4.63. The summed E-state index contributed by atoms with van der Waals surface area (Å²) < 4.78 is 17.3. The van der Waals surface area contributed by atoms with Crippen LogP contribution in [0.25, 0.3) is 19.9 Å². The third kappa shape index (κ3) is 89.1. The number of hydrogen-bond acceptors (Lipinski definition) is 4. The first-order valence-corrected chi connectivity index (χ1v) is 47.6. The second-order valence-electron chi connectivity index (χ2n) is 21.0. The Labute approximate surface area is 408 Å². The number of rotatable bonds is 20. The Balaban J connectivity index is -0.000000167. The van der Waals surface area contributed by atoms with Gasteiger partial charge in [0.1, 0.15) is 0 Å². The minimum atomic E-state index is -1.37. The summed E-state index contributed by atoms with van der Waals surface area (Å²) in [6.07, 6.45) is 18.6. The van der Waals surface area contributed by atoms with E-state index in [1.807, 2.05) is 0 Å². The smallest absolute Gasteiger partial charge is 0.478 e. The fourth-order valence-electron chi connectivity index (χ4n) is 2.04. The van der Waals surface area contributed by atoms with Gasteiger partial charge in [-0.2, -0.15) is 0 Å². The molecule has 356 valence electrons. The Hall–Kier alpha value is -1.99. The van der Waals surface area contributed by atoms with Crippen LogP contribution in [0.15, 0.2) is 58.6 Å². The normalized spacial score (nSPS) is 14.1. The van der Waals surface area contributed by atoms with Crippen molar-refractivity contribution in [2.75, 3.05) is 0 Å². The molecule has 0 aromatic rings. The van der Waals surface area contributed by atoms with E-state index < -0.39 is 65.9 Å². The Bertz CT molecular complexity index is 1270. The Morgan fingerprint density at radius 2 is 0.371 bits per heavy atom. The van der Waals surface area contributed by atoms with Crippen molar-refractivity contribution in [3.63, 3.8) is 0 Å². The van der Waals surface area contributed by atoms with Gasteiger partial charge in [0.05, 0.1) is 25.4 Å². The fourth-order valence-corrected chi connectivity index (χ4v) is 5.35. The molecule has 16 nitrogen and oxygen atoms in total. The van der Waals surface area contributed by atoms with Crippen LogP contribution in [0.4, 0.5) is 0 Å². The van der Waals surface area contributed by atoms with E-state index >= 15 is 0 Å². The molecule has 0 radical (unpaired) electrons. The molecule has 0 fully saturated rings. The zero-order valence-corrected chi connectivity index (χ0v) is 53.0. The first-order chi connectivity index (χ1) is 26.8. The van der Waals surface area contributed by atoms with Crippen LogP contribution in [-0.4, -0.2) is 142 Å². The standard InChI is InChI=1S/4C9H21N4Si2.2Fe/c4*1-14(2,3)12-8-10-7-11-9-13-15(4,5)6;;/h4*7-9H,1-6H3;;/q4*-1;2*+2. The van der Waals surface area contributed by atoms with Gasteiger partial charge in [0, 0.05) is 58.3 Å². The van der Waals surface area contributed by atoms with Crippen LogP contribution in [-0.2, 0) is 34.1 Å².